The van der Waals surface area contributed by atoms with Gasteiger partial charge in [-0.1, -0.05) is 6.07 Å². The summed E-state index contributed by atoms with van der Waals surface area (Å²) in [4.78, 5) is 14.6. The van der Waals surface area contributed by atoms with Crippen LogP contribution in [-0.2, 0) is 0 Å². The molecule has 0 aliphatic carbocycles. The molecule has 1 aliphatic rings. The molecule has 1 atom stereocenters. The van der Waals surface area contributed by atoms with Crippen molar-refractivity contribution in [2.75, 3.05) is 25.1 Å². The smallest absolute Gasteiger partial charge is 0.322 e. The van der Waals surface area contributed by atoms with E-state index in [0.717, 1.165) is 29.8 Å². The van der Waals surface area contributed by atoms with E-state index in [4.69, 9.17) is 4.74 Å². The number of H-pyrrole nitrogens is 1. The molecule has 1 aromatic heterocycles. The maximum atomic E-state index is 12.8. The van der Waals surface area contributed by atoms with Gasteiger partial charge in [0.1, 0.15) is 19.0 Å². The van der Waals surface area contributed by atoms with Crippen LogP contribution in [0.5, 0.6) is 5.75 Å². The van der Waals surface area contributed by atoms with Gasteiger partial charge in [0.05, 0.1) is 11.7 Å². The number of aromatic nitrogens is 2. The normalized spacial score (nSPS) is 16.9. The Bertz CT molecular complexity index is 727. The van der Waals surface area contributed by atoms with E-state index >= 15 is 0 Å². The summed E-state index contributed by atoms with van der Waals surface area (Å²) in [5.74, 6) is 0.537. The van der Waals surface area contributed by atoms with Crippen molar-refractivity contribution >= 4 is 11.7 Å². The van der Waals surface area contributed by atoms with Gasteiger partial charge in [-0.25, -0.2) is 9.18 Å². The largest absolute Gasteiger partial charge is 0.491 e. The number of aromatic amines is 1. The third kappa shape index (κ3) is 3.75. The van der Waals surface area contributed by atoms with E-state index in [1.807, 2.05) is 18.7 Å². The van der Waals surface area contributed by atoms with E-state index in [1.165, 1.54) is 0 Å². The van der Waals surface area contributed by atoms with Crippen LogP contribution in [0.25, 0.3) is 0 Å². The Kier molecular flexibility index (Phi) is 5.21. The second-order valence-electron chi connectivity index (χ2n) is 6.19. The van der Waals surface area contributed by atoms with Crippen LogP contribution in [0.15, 0.2) is 24.3 Å². The number of benzene rings is 1. The highest BCUT2D eigenvalue weighted by Crippen LogP contribution is 2.35. The Morgan fingerprint density at radius 1 is 1.48 bits per heavy atom. The zero-order valence-corrected chi connectivity index (χ0v) is 14.5. The fourth-order valence-electron chi connectivity index (χ4n) is 3.38. The molecule has 0 bridgehead atoms. The van der Waals surface area contributed by atoms with E-state index in [0.29, 0.717) is 18.0 Å². The fraction of sp³-hybridized carbons (Fsp3) is 0.444. The van der Waals surface area contributed by atoms with Crippen molar-refractivity contribution in [2.45, 2.75) is 32.7 Å². The molecular weight excluding hydrogens is 323 g/mol. The van der Waals surface area contributed by atoms with Gasteiger partial charge in [0.25, 0.3) is 0 Å². The van der Waals surface area contributed by atoms with Crippen LogP contribution in [-0.4, -0.2) is 41.0 Å². The number of halogens is 1. The number of rotatable bonds is 5. The number of amides is 2. The number of carbonyl (C=O) groups is 1. The molecule has 0 saturated carbocycles. The molecule has 25 heavy (non-hydrogen) atoms. The van der Waals surface area contributed by atoms with Gasteiger partial charge in [0.15, 0.2) is 0 Å². The van der Waals surface area contributed by atoms with Crippen LogP contribution in [0.4, 0.5) is 14.9 Å². The molecule has 2 aromatic rings. The molecule has 0 radical (unpaired) electrons. The lowest BCUT2D eigenvalue weighted by atomic mass is 10.0. The van der Waals surface area contributed by atoms with Crippen molar-refractivity contribution in [3.05, 3.63) is 41.2 Å². The maximum Gasteiger partial charge on any atom is 0.322 e. The number of nitrogens with zero attached hydrogens (tertiary/aromatic N) is 2. The van der Waals surface area contributed by atoms with Gasteiger partial charge in [-0.3, -0.25) is 5.10 Å². The molecule has 1 aromatic carbocycles. The van der Waals surface area contributed by atoms with Gasteiger partial charge < -0.3 is 15.0 Å². The van der Waals surface area contributed by atoms with Gasteiger partial charge >= 0.3 is 6.03 Å². The number of hydrogen-bond acceptors (Lipinski definition) is 3. The van der Waals surface area contributed by atoms with Gasteiger partial charge in [0.2, 0.25) is 0 Å². The van der Waals surface area contributed by atoms with Crippen LogP contribution in [0.1, 0.15) is 35.8 Å². The molecular formula is C18H23FN4O2. The van der Waals surface area contributed by atoms with Gasteiger partial charge in [-0.15, -0.1) is 0 Å². The molecule has 1 saturated heterocycles. The van der Waals surface area contributed by atoms with Crippen molar-refractivity contribution in [3.63, 3.8) is 0 Å². The third-order valence-corrected chi connectivity index (χ3v) is 4.46. The summed E-state index contributed by atoms with van der Waals surface area (Å²) in [5, 5.41) is 10.2. The average Bonchev–Trinajstić information content (AvgIpc) is 3.19. The SMILES string of the molecule is Cc1n[nH]c(C)c1[C@@H]1CCCN1C(=O)Nc1cccc(OCCF)c1. The molecule has 2 heterocycles. The van der Waals surface area contributed by atoms with E-state index in [9.17, 15) is 9.18 Å². The molecule has 2 amide bonds. The molecule has 134 valence electrons. The minimum Gasteiger partial charge on any atom is -0.491 e. The Hall–Kier alpha value is -2.57. The molecule has 3 rings (SSSR count). The van der Waals surface area contributed by atoms with Crippen LogP contribution < -0.4 is 10.1 Å². The molecule has 0 unspecified atom stereocenters. The second-order valence-corrected chi connectivity index (χ2v) is 6.19. The lowest BCUT2D eigenvalue weighted by molar-refractivity contribution is 0.207. The Morgan fingerprint density at radius 2 is 2.32 bits per heavy atom. The molecule has 1 aliphatic heterocycles. The first kappa shape index (κ1) is 17.3. The highest BCUT2D eigenvalue weighted by Gasteiger charge is 2.33. The summed E-state index contributed by atoms with van der Waals surface area (Å²) in [6.07, 6.45) is 1.89. The van der Waals surface area contributed by atoms with Crippen molar-refractivity contribution in [1.29, 1.82) is 0 Å². The number of carbonyl (C=O) groups excluding carboxylic acids is 1. The van der Waals surface area contributed by atoms with Crippen molar-refractivity contribution in [3.8, 4) is 5.75 Å². The van der Waals surface area contributed by atoms with Gasteiger partial charge in [-0.2, -0.15) is 5.10 Å². The number of urea groups is 1. The molecule has 7 heteroatoms. The molecule has 2 N–H and O–H groups in total. The monoisotopic (exact) mass is 346 g/mol. The van der Waals surface area contributed by atoms with Crippen LogP contribution in [0, 0.1) is 13.8 Å². The Labute approximate surface area is 146 Å². The second kappa shape index (κ2) is 7.55. The highest BCUT2D eigenvalue weighted by atomic mass is 19.1. The first-order valence-corrected chi connectivity index (χ1v) is 8.48. The summed E-state index contributed by atoms with van der Waals surface area (Å²) in [6.45, 7) is 4.10. The van der Waals surface area contributed by atoms with Crippen molar-refractivity contribution in [2.24, 2.45) is 0 Å². The van der Waals surface area contributed by atoms with Crippen LogP contribution >= 0.6 is 0 Å². The molecule has 1 fully saturated rings. The Morgan fingerprint density at radius 3 is 3.04 bits per heavy atom. The molecule has 6 nitrogen and oxygen atoms in total. The van der Waals surface area contributed by atoms with E-state index in [2.05, 4.69) is 15.5 Å². The van der Waals surface area contributed by atoms with E-state index in [1.54, 1.807) is 24.3 Å². The van der Waals surface area contributed by atoms with E-state index in [-0.39, 0.29) is 18.7 Å². The number of aryl methyl sites for hydroxylation is 2. The first-order chi connectivity index (χ1) is 12.1. The minimum atomic E-state index is -0.546. The van der Waals surface area contributed by atoms with Crippen molar-refractivity contribution in [1.82, 2.24) is 15.1 Å². The topological polar surface area (TPSA) is 70.2 Å². The highest BCUT2D eigenvalue weighted by molar-refractivity contribution is 5.90. The number of alkyl halides is 1. The maximum absolute atomic E-state index is 12.8. The quantitative estimate of drug-likeness (QED) is 0.866. The van der Waals surface area contributed by atoms with Crippen molar-refractivity contribution < 1.29 is 13.9 Å². The molecule has 0 spiro atoms. The zero-order valence-electron chi connectivity index (χ0n) is 14.5. The number of ether oxygens (including phenoxy) is 1. The van der Waals surface area contributed by atoms with Gasteiger partial charge in [-0.05, 0) is 38.8 Å². The Balaban J connectivity index is 1.72. The summed E-state index contributed by atoms with van der Waals surface area (Å²) in [7, 11) is 0. The first-order valence-electron chi connectivity index (χ1n) is 8.48. The predicted octanol–water partition coefficient (Wildman–Crippen LogP) is 3.74. The zero-order chi connectivity index (χ0) is 17.8. The summed E-state index contributed by atoms with van der Waals surface area (Å²) >= 11 is 0. The lowest BCUT2D eigenvalue weighted by Gasteiger charge is -2.25. The summed E-state index contributed by atoms with van der Waals surface area (Å²) < 4.78 is 17.5. The minimum absolute atomic E-state index is 0.00461. The number of hydrogen-bond donors (Lipinski definition) is 2. The number of likely N-dealkylation sites (tertiary alicyclic amines) is 1. The fourth-order valence-corrected chi connectivity index (χ4v) is 3.38. The van der Waals surface area contributed by atoms with Gasteiger partial charge in [0, 0.05) is 29.6 Å². The number of anilines is 1. The number of nitrogens with one attached hydrogen (secondary N) is 2. The van der Waals surface area contributed by atoms with Crippen LogP contribution in [0.2, 0.25) is 0 Å². The van der Waals surface area contributed by atoms with E-state index < -0.39 is 6.67 Å². The third-order valence-electron chi connectivity index (χ3n) is 4.46. The summed E-state index contributed by atoms with van der Waals surface area (Å²) in [5.41, 5.74) is 3.67. The predicted molar refractivity (Wildman–Crippen MR) is 93.7 cm³/mol. The standard InChI is InChI=1S/C18H23FN4O2/c1-12-17(13(2)22-21-12)16-7-4-9-23(16)18(24)20-14-5-3-6-15(11-14)25-10-8-19/h3,5-6,11,16H,4,7-10H2,1-2H3,(H,20,24)(H,21,22)/t16-/m0/s1. The lowest BCUT2D eigenvalue weighted by Crippen LogP contribution is -2.34. The average molecular weight is 346 g/mol. The summed E-state index contributed by atoms with van der Waals surface area (Å²) in [6, 6.07) is 6.89. The van der Waals surface area contributed by atoms with Crippen LogP contribution in [0.3, 0.4) is 0 Å².